The molecule has 9 heteroatoms. The predicted octanol–water partition coefficient (Wildman–Crippen LogP) is 3.04. The van der Waals surface area contributed by atoms with Crippen LogP contribution in [0.25, 0.3) is 0 Å². The molecule has 27 heavy (non-hydrogen) atoms. The molecule has 0 radical (unpaired) electrons. The maximum absolute atomic E-state index is 13.6. The summed E-state index contributed by atoms with van der Waals surface area (Å²) >= 11 is 0. The summed E-state index contributed by atoms with van der Waals surface area (Å²) in [5, 5.41) is 0. The highest BCUT2D eigenvalue weighted by Gasteiger charge is 2.80. The zero-order valence-electron chi connectivity index (χ0n) is 14.2. The summed E-state index contributed by atoms with van der Waals surface area (Å²) < 4.78 is 70.9. The van der Waals surface area contributed by atoms with Gasteiger partial charge < -0.3 is 4.74 Å². The van der Waals surface area contributed by atoms with Gasteiger partial charge in [-0.15, -0.1) is 0 Å². The van der Waals surface area contributed by atoms with Crippen LogP contribution >= 0.6 is 0 Å². The second-order valence-electron chi connectivity index (χ2n) is 6.24. The SMILES string of the molecule is Cc1ccc(S(=O)(=O)N2C[C@]2(C(=O)OCc2ccccc2)C(F)(F)F)cc1. The van der Waals surface area contributed by atoms with Crippen LogP contribution in [0.5, 0.6) is 0 Å². The lowest BCUT2D eigenvalue weighted by atomic mass is 10.1. The van der Waals surface area contributed by atoms with Crippen LogP contribution in [0, 0.1) is 6.92 Å². The highest BCUT2D eigenvalue weighted by atomic mass is 32.2. The van der Waals surface area contributed by atoms with Crippen molar-refractivity contribution in [3.8, 4) is 0 Å². The van der Waals surface area contributed by atoms with E-state index in [9.17, 15) is 26.4 Å². The summed E-state index contributed by atoms with van der Waals surface area (Å²) in [5.41, 5.74) is -1.94. The molecule has 1 saturated heterocycles. The molecule has 0 N–H and O–H groups in total. The zero-order valence-corrected chi connectivity index (χ0v) is 15.0. The summed E-state index contributed by atoms with van der Waals surface area (Å²) in [4.78, 5) is 11.9. The Balaban J connectivity index is 1.85. The van der Waals surface area contributed by atoms with Crippen LogP contribution in [0.2, 0.25) is 0 Å². The lowest BCUT2D eigenvalue weighted by Crippen LogP contribution is -2.46. The third-order valence-electron chi connectivity index (χ3n) is 4.32. The molecule has 144 valence electrons. The Labute approximate surface area is 154 Å². The molecule has 1 aliphatic rings. The van der Waals surface area contributed by atoms with E-state index in [-0.39, 0.29) is 15.8 Å². The van der Waals surface area contributed by atoms with Crippen molar-refractivity contribution in [3.63, 3.8) is 0 Å². The number of benzene rings is 2. The molecule has 1 aliphatic heterocycles. The van der Waals surface area contributed by atoms with Gasteiger partial charge >= 0.3 is 12.1 Å². The number of halogens is 3. The normalized spacial score (nSPS) is 22.3. The first-order chi connectivity index (χ1) is 12.6. The van der Waals surface area contributed by atoms with Crippen molar-refractivity contribution in [1.82, 2.24) is 4.31 Å². The summed E-state index contributed by atoms with van der Waals surface area (Å²) in [7, 11) is -4.49. The molecule has 1 heterocycles. The van der Waals surface area contributed by atoms with Crippen LogP contribution < -0.4 is 0 Å². The van der Waals surface area contributed by atoms with Gasteiger partial charge in [0.2, 0.25) is 15.6 Å². The minimum Gasteiger partial charge on any atom is -0.459 e. The van der Waals surface area contributed by atoms with E-state index < -0.39 is 34.3 Å². The molecule has 0 aliphatic carbocycles. The number of carbonyl (C=O) groups excluding carboxylic acids is 1. The van der Waals surface area contributed by atoms with Crippen molar-refractivity contribution < 1.29 is 31.1 Å². The summed E-state index contributed by atoms with van der Waals surface area (Å²) in [6, 6.07) is 13.5. The van der Waals surface area contributed by atoms with Gasteiger partial charge in [0.25, 0.3) is 0 Å². The minimum absolute atomic E-state index is 0.137. The van der Waals surface area contributed by atoms with E-state index in [2.05, 4.69) is 0 Å². The number of hydrogen-bond acceptors (Lipinski definition) is 4. The van der Waals surface area contributed by atoms with Crippen LogP contribution in [0.3, 0.4) is 0 Å². The van der Waals surface area contributed by atoms with E-state index in [0.717, 1.165) is 5.56 Å². The molecule has 0 bridgehead atoms. The highest BCUT2D eigenvalue weighted by molar-refractivity contribution is 7.89. The third kappa shape index (κ3) is 3.44. The van der Waals surface area contributed by atoms with E-state index in [1.807, 2.05) is 0 Å². The van der Waals surface area contributed by atoms with Gasteiger partial charge in [-0.2, -0.15) is 17.5 Å². The molecular formula is C18H16F3NO4S. The molecule has 0 spiro atoms. The maximum atomic E-state index is 13.6. The molecule has 0 aromatic heterocycles. The zero-order chi connectivity index (χ0) is 19.9. The van der Waals surface area contributed by atoms with Crippen LogP contribution in [0.15, 0.2) is 59.5 Å². The van der Waals surface area contributed by atoms with E-state index in [4.69, 9.17) is 4.74 Å². The van der Waals surface area contributed by atoms with Gasteiger partial charge in [-0.1, -0.05) is 48.0 Å². The monoisotopic (exact) mass is 399 g/mol. The van der Waals surface area contributed by atoms with Gasteiger partial charge in [0.05, 0.1) is 11.4 Å². The smallest absolute Gasteiger partial charge is 0.419 e. The number of carbonyl (C=O) groups is 1. The molecule has 2 atom stereocenters. The quantitative estimate of drug-likeness (QED) is 0.573. The van der Waals surface area contributed by atoms with E-state index in [1.54, 1.807) is 37.3 Å². The number of nitrogens with zero attached hydrogens (tertiary/aromatic N) is 1. The van der Waals surface area contributed by atoms with E-state index >= 15 is 0 Å². The number of ether oxygens (including phenoxy) is 1. The Bertz CT molecular complexity index is 943. The fraction of sp³-hybridized carbons (Fsp3) is 0.278. The molecular weight excluding hydrogens is 383 g/mol. The second-order valence-corrected chi connectivity index (χ2v) is 8.11. The second kappa shape index (κ2) is 6.65. The van der Waals surface area contributed by atoms with Crippen molar-refractivity contribution >= 4 is 16.0 Å². The molecule has 1 fully saturated rings. The van der Waals surface area contributed by atoms with Crippen LogP contribution in [-0.4, -0.2) is 37.0 Å². The fourth-order valence-corrected chi connectivity index (χ4v) is 4.34. The Morgan fingerprint density at radius 2 is 1.70 bits per heavy atom. The number of sulfonamides is 1. The maximum Gasteiger partial charge on any atom is 0.419 e. The van der Waals surface area contributed by atoms with Crippen LogP contribution in [0.1, 0.15) is 11.1 Å². The first-order valence-corrected chi connectivity index (χ1v) is 9.40. The molecule has 5 nitrogen and oxygen atoms in total. The lowest BCUT2D eigenvalue weighted by Gasteiger charge is -2.20. The number of esters is 1. The molecule has 0 saturated carbocycles. The first-order valence-electron chi connectivity index (χ1n) is 7.96. The van der Waals surface area contributed by atoms with Crippen molar-refractivity contribution in [2.75, 3.05) is 6.54 Å². The summed E-state index contributed by atoms with van der Waals surface area (Å²) in [5.74, 6) is -1.63. The molecule has 2 aromatic rings. The van der Waals surface area contributed by atoms with Crippen molar-refractivity contribution in [3.05, 3.63) is 65.7 Å². The number of alkyl halides is 3. The average Bonchev–Trinajstić information content (AvgIpc) is 3.39. The van der Waals surface area contributed by atoms with E-state index in [1.165, 1.54) is 24.3 Å². The number of aryl methyl sites for hydroxylation is 1. The van der Waals surface area contributed by atoms with Gasteiger partial charge in [-0.25, -0.2) is 13.2 Å². The number of hydrogen-bond donors (Lipinski definition) is 0. The van der Waals surface area contributed by atoms with Crippen LogP contribution in [0.4, 0.5) is 13.2 Å². The average molecular weight is 399 g/mol. The van der Waals surface area contributed by atoms with Gasteiger partial charge in [0.1, 0.15) is 6.61 Å². The van der Waals surface area contributed by atoms with Gasteiger partial charge in [-0.3, -0.25) is 0 Å². The Morgan fingerprint density at radius 1 is 1.11 bits per heavy atom. The predicted molar refractivity (Wildman–Crippen MR) is 90.1 cm³/mol. The Kier molecular flexibility index (Phi) is 4.77. The summed E-state index contributed by atoms with van der Waals surface area (Å²) in [6.07, 6.45) is -5.10. The van der Waals surface area contributed by atoms with Crippen LogP contribution in [-0.2, 0) is 26.2 Å². The van der Waals surface area contributed by atoms with Gasteiger partial charge in [-0.05, 0) is 24.6 Å². The highest BCUT2D eigenvalue weighted by Crippen LogP contribution is 2.50. The molecule has 1 unspecified atom stereocenters. The minimum atomic E-state index is -5.10. The van der Waals surface area contributed by atoms with Crippen molar-refractivity contribution in [2.45, 2.75) is 30.1 Å². The topological polar surface area (TPSA) is 63.5 Å². The molecule has 3 rings (SSSR count). The molecule has 2 aromatic carbocycles. The Morgan fingerprint density at radius 3 is 2.26 bits per heavy atom. The van der Waals surface area contributed by atoms with E-state index in [0.29, 0.717) is 5.56 Å². The largest absolute Gasteiger partial charge is 0.459 e. The van der Waals surface area contributed by atoms with Gasteiger partial charge in [0.15, 0.2) is 0 Å². The summed E-state index contributed by atoms with van der Waals surface area (Å²) in [6.45, 7) is 0.338. The first kappa shape index (κ1) is 19.4. The van der Waals surface area contributed by atoms with Crippen molar-refractivity contribution in [2.24, 2.45) is 0 Å². The fourth-order valence-electron chi connectivity index (χ4n) is 2.66. The Hall–Kier alpha value is -2.39. The van der Waals surface area contributed by atoms with Gasteiger partial charge in [0, 0.05) is 0 Å². The standard InChI is InChI=1S/C18H16F3NO4S/c1-13-7-9-15(10-8-13)27(24,25)22-12-17(22,18(19,20)21)16(23)26-11-14-5-3-2-4-6-14/h2-10H,11-12H2,1H3/t17-,22?/m0/s1. The molecule has 0 amide bonds. The third-order valence-corrected chi connectivity index (χ3v) is 6.21. The number of rotatable bonds is 5. The van der Waals surface area contributed by atoms with Crippen molar-refractivity contribution in [1.29, 1.82) is 0 Å². The lowest BCUT2D eigenvalue weighted by molar-refractivity contribution is -0.192.